The van der Waals surface area contributed by atoms with Crippen LogP contribution in [0.5, 0.6) is 0 Å². The van der Waals surface area contributed by atoms with Crippen molar-refractivity contribution < 1.29 is 9.53 Å². The van der Waals surface area contributed by atoms with Crippen LogP contribution in [0.15, 0.2) is 12.4 Å². The molecule has 0 radical (unpaired) electrons. The van der Waals surface area contributed by atoms with Crippen molar-refractivity contribution in [3.63, 3.8) is 0 Å². The van der Waals surface area contributed by atoms with E-state index in [1.165, 1.54) is 0 Å². The molecule has 1 atom stereocenters. The number of carbonyl (C=O) groups excluding carboxylic acids is 1. The van der Waals surface area contributed by atoms with Crippen LogP contribution < -0.4 is 10.6 Å². The summed E-state index contributed by atoms with van der Waals surface area (Å²) >= 11 is 1.73. The van der Waals surface area contributed by atoms with E-state index in [-0.39, 0.29) is 24.4 Å². The first-order chi connectivity index (χ1) is 8.29. The largest absolute Gasteiger partial charge is 0.383 e. The molecule has 1 aromatic heterocycles. The van der Waals surface area contributed by atoms with E-state index in [4.69, 9.17) is 4.74 Å². The minimum Gasteiger partial charge on any atom is -0.383 e. The first-order valence-electron chi connectivity index (χ1n) is 5.43. The first kappa shape index (κ1) is 15.3. The predicted octanol–water partition coefficient (Wildman–Crippen LogP) is 0.552. The maximum absolute atomic E-state index is 11.8. The van der Waals surface area contributed by atoms with Crippen molar-refractivity contribution in [3.8, 4) is 0 Å². The summed E-state index contributed by atoms with van der Waals surface area (Å²) < 4.78 is 6.70. The third-order valence-electron chi connectivity index (χ3n) is 2.46. The van der Waals surface area contributed by atoms with Gasteiger partial charge in [0.05, 0.1) is 31.1 Å². The van der Waals surface area contributed by atoms with Gasteiger partial charge in [-0.2, -0.15) is 5.10 Å². The molecule has 1 aliphatic heterocycles. The zero-order chi connectivity index (χ0) is 12.1. The Morgan fingerprint density at radius 1 is 1.78 bits per heavy atom. The molecule has 1 amide bonds. The molecule has 0 bridgehead atoms. The minimum atomic E-state index is -0.0951. The number of thioether (sulfide) groups is 1. The van der Waals surface area contributed by atoms with Crippen LogP contribution in [0, 0.1) is 0 Å². The Bertz CT molecular complexity index is 382. The second-order valence-corrected chi connectivity index (χ2v) is 4.78. The normalized spacial score (nSPS) is 18.4. The number of nitrogens with one attached hydrogen (secondary N) is 2. The lowest BCUT2D eigenvalue weighted by molar-refractivity contribution is -0.117. The summed E-state index contributed by atoms with van der Waals surface area (Å²) in [5.41, 5.74) is 0.727. The molecule has 0 saturated carbocycles. The summed E-state index contributed by atoms with van der Waals surface area (Å²) in [6.45, 7) is 1.29. The molecule has 6 nitrogen and oxygen atoms in total. The Kier molecular flexibility index (Phi) is 6.48. The third kappa shape index (κ3) is 4.16. The highest BCUT2D eigenvalue weighted by atomic mass is 35.5. The van der Waals surface area contributed by atoms with Crippen LogP contribution in [0.1, 0.15) is 0 Å². The number of ether oxygens (including phenoxy) is 1. The lowest BCUT2D eigenvalue weighted by Crippen LogP contribution is -2.37. The topological polar surface area (TPSA) is 68.2 Å². The number of nitrogens with zero attached hydrogens (tertiary/aromatic N) is 2. The summed E-state index contributed by atoms with van der Waals surface area (Å²) in [5, 5.41) is 10.1. The molecule has 1 fully saturated rings. The van der Waals surface area contributed by atoms with Crippen molar-refractivity contribution in [1.82, 2.24) is 15.1 Å². The summed E-state index contributed by atoms with van der Waals surface area (Å²) in [4.78, 5) is 11.8. The van der Waals surface area contributed by atoms with Crippen molar-refractivity contribution in [2.75, 3.05) is 30.7 Å². The predicted molar refractivity (Wildman–Crippen MR) is 74.2 cm³/mol. The van der Waals surface area contributed by atoms with Crippen molar-refractivity contribution in [2.45, 2.75) is 12.6 Å². The van der Waals surface area contributed by atoms with E-state index >= 15 is 0 Å². The van der Waals surface area contributed by atoms with Crippen LogP contribution in [0.25, 0.3) is 0 Å². The van der Waals surface area contributed by atoms with Gasteiger partial charge in [-0.05, 0) is 0 Å². The molecule has 1 unspecified atom stereocenters. The van der Waals surface area contributed by atoms with Crippen molar-refractivity contribution in [3.05, 3.63) is 12.4 Å². The van der Waals surface area contributed by atoms with Gasteiger partial charge in [-0.3, -0.25) is 14.8 Å². The number of rotatable bonds is 5. The molecule has 2 heterocycles. The first-order valence-corrected chi connectivity index (χ1v) is 6.58. The van der Waals surface area contributed by atoms with E-state index in [2.05, 4.69) is 15.7 Å². The second kappa shape index (κ2) is 7.63. The summed E-state index contributed by atoms with van der Waals surface area (Å²) in [6.07, 6.45) is 3.45. The van der Waals surface area contributed by atoms with Gasteiger partial charge < -0.3 is 10.1 Å². The highest BCUT2D eigenvalue weighted by Gasteiger charge is 2.22. The van der Waals surface area contributed by atoms with E-state index < -0.39 is 0 Å². The summed E-state index contributed by atoms with van der Waals surface area (Å²) in [7, 11) is 1.65. The monoisotopic (exact) mass is 292 g/mol. The Labute approximate surface area is 116 Å². The zero-order valence-electron chi connectivity index (χ0n) is 10.1. The molecule has 1 aliphatic rings. The molecule has 1 saturated heterocycles. The Morgan fingerprint density at radius 3 is 3.28 bits per heavy atom. The lowest BCUT2D eigenvalue weighted by atomic mass is 10.3. The average Bonchev–Trinajstić information content (AvgIpc) is 2.97. The van der Waals surface area contributed by atoms with Gasteiger partial charge >= 0.3 is 0 Å². The van der Waals surface area contributed by atoms with Crippen LogP contribution in [0.2, 0.25) is 0 Å². The molecule has 0 aliphatic carbocycles. The second-order valence-electron chi connectivity index (χ2n) is 3.75. The Balaban J connectivity index is 0.00000162. The quantitative estimate of drug-likeness (QED) is 0.830. The van der Waals surface area contributed by atoms with E-state index in [0.717, 1.165) is 17.3 Å². The summed E-state index contributed by atoms with van der Waals surface area (Å²) in [5.74, 6) is 1.66. The maximum atomic E-state index is 11.8. The van der Waals surface area contributed by atoms with Gasteiger partial charge in [0.2, 0.25) is 5.91 Å². The van der Waals surface area contributed by atoms with Gasteiger partial charge in [0, 0.05) is 24.9 Å². The summed E-state index contributed by atoms with van der Waals surface area (Å²) in [6, 6.07) is -0.0951. The lowest BCUT2D eigenvalue weighted by Gasteiger charge is -2.08. The SMILES string of the molecule is COCCn1cc(NC(=O)C2CSCN2)cn1.Cl. The number of aromatic nitrogens is 2. The third-order valence-corrected chi connectivity index (χ3v) is 3.40. The van der Waals surface area contributed by atoms with Gasteiger partial charge in [0.1, 0.15) is 0 Å². The molecule has 2 N–H and O–H groups in total. The number of hydrogen-bond acceptors (Lipinski definition) is 5. The van der Waals surface area contributed by atoms with Gasteiger partial charge in [0.15, 0.2) is 0 Å². The maximum Gasteiger partial charge on any atom is 0.242 e. The van der Waals surface area contributed by atoms with E-state index in [0.29, 0.717) is 13.2 Å². The fourth-order valence-electron chi connectivity index (χ4n) is 1.53. The van der Waals surface area contributed by atoms with Crippen LogP contribution in [-0.2, 0) is 16.1 Å². The Hall–Kier alpha value is -0.760. The molecule has 18 heavy (non-hydrogen) atoms. The molecule has 2 rings (SSSR count). The Morgan fingerprint density at radius 2 is 2.61 bits per heavy atom. The van der Waals surface area contributed by atoms with E-state index in [9.17, 15) is 4.79 Å². The molecular weight excluding hydrogens is 276 g/mol. The molecule has 8 heteroatoms. The van der Waals surface area contributed by atoms with Crippen LogP contribution in [0.4, 0.5) is 5.69 Å². The van der Waals surface area contributed by atoms with Gasteiger partial charge in [-0.1, -0.05) is 0 Å². The smallest absolute Gasteiger partial charge is 0.242 e. The van der Waals surface area contributed by atoms with Crippen molar-refractivity contribution in [1.29, 1.82) is 0 Å². The molecule has 1 aromatic rings. The molecule has 0 spiro atoms. The molecule has 0 aromatic carbocycles. The van der Waals surface area contributed by atoms with Crippen LogP contribution in [0.3, 0.4) is 0 Å². The number of methoxy groups -OCH3 is 1. The van der Waals surface area contributed by atoms with Crippen LogP contribution in [-0.4, -0.2) is 47.1 Å². The number of carbonyl (C=O) groups is 1. The zero-order valence-corrected chi connectivity index (χ0v) is 11.7. The number of anilines is 1. The van der Waals surface area contributed by atoms with Gasteiger partial charge in [-0.15, -0.1) is 24.2 Å². The van der Waals surface area contributed by atoms with Crippen LogP contribution >= 0.6 is 24.2 Å². The molecule has 102 valence electrons. The van der Waals surface area contributed by atoms with E-state index in [1.807, 2.05) is 0 Å². The number of amides is 1. The standard InChI is InChI=1S/C10H16N4O2S.ClH/c1-16-3-2-14-5-8(4-12-14)13-10(15)9-6-17-7-11-9;/h4-5,9,11H,2-3,6-7H2,1H3,(H,13,15);1H. The van der Waals surface area contributed by atoms with Gasteiger partial charge in [0.25, 0.3) is 0 Å². The minimum absolute atomic E-state index is 0. The van der Waals surface area contributed by atoms with Gasteiger partial charge in [-0.25, -0.2) is 0 Å². The van der Waals surface area contributed by atoms with E-state index in [1.54, 1.807) is 35.9 Å². The molecular formula is C10H17ClN4O2S. The van der Waals surface area contributed by atoms with Crippen molar-refractivity contribution >= 4 is 35.8 Å². The van der Waals surface area contributed by atoms with Crippen molar-refractivity contribution in [2.24, 2.45) is 0 Å². The highest BCUT2D eigenvalue weighted by molar-refractivity contribution is 7.99. The number of hydrogen-bond donors (Lipinski definition) is 2. The highest BCUT2D eigenvalue weighted by Crippen LogP contribution is 2.12. The average molecular weight is 293 g/mol. The fraction of sp³-hybridized carbons (Fsp3) is 0.600. The fourth-order valence-corrected chi connectivity index (χ4v) is 2.47. The number of halogens is 1.